The maximum Gasteiger partial charge on any atom is 0.0647 e. The SMILES string of the molecule is C.C.C.C.C.C.C.C.C.C1=CCNCC1.C1=CCOCC1.C1CCNC1.C1CCSC1.C1CNC1.C1CNCCN1.C1CNCCNC1.C1COCCN1.C1CSCCN1.CC.CC.CC.CC.CC.CC.CC.CC.CC. The lowest BCUT2D eigenvalue weighted by atomic mass is 10.3. The molecule has 9 rings (SSSR count). The topological polar surface area (TPSA) is 127 Å². The lowest BCUT2D eigenvalue weighted by Crippen LogP contribution is -2.39. The molecule has 0 saturated carbocycles. The van der Waals surface area contributed by atoms with Crippen LogP contribution in [0.15, 0.2) is 24.3 Å². The first kappa shape index (κ1) is 128. The molecule has 0 atom stereocenters. The summed E-state index contributed by atoms with van der Waals surface area (Å²) in [5, 5.41) is 29.0. The van der Waals surface area contributed by atoms with Crippen molar-refractivity contribution >= 4 is 23.5 Å². The van der Waals surface area contributed by atoms with Crippen LogP contribution in [0.25, 0.3) is 0 Å². The Morgan fingerprint density at radius 3 is 0.679 bits per heavy atom. The van der Waals surface area contributed by atoms with Crippen LogP contribution in [-0.2, 0) is 9.47 Å². The van der Waals surface area contributed by atoms with Crippen molar-refractivity contribution in [1.82, 2.24) is 47.9 Å². The molecule has 0 aromatic carbocycles. The van der Waals surface area contributed by atoms with Crippen molar-refractivity contribution in [3.05, 3.63) is 24.3 Å². The molecule has 9 N–H and O–H groups in total. The number of ether oxygens (including phenoxy) is 2. The van der Waals surface area contributed by atoms with Gasteiger partial charge in [-0.1, -0.05) is 216 Å². The Bertz CT molecular complexity index is 553. The van der Waals surface area contributed by atoms with E-state index >= 15 is 0 Å². The van der Waals surface area contributed by atoms with E-state index in [9.17, 15) is 0 Å². The van der Waals surface area contributed by atoms with E-state index < -0.39 is 0 Å². The van der Waals surface area contributed by atoms with E-state index in [0.29, 0.717) is 0 Å². The van der Waals surface area contributed by atoms with Gasteiger partial charge in [0.15, 0.2) is 0 Å². The first-order valence-corrected chi connectivity index (χ1v) is 31.8. The van der Waals surface area contributed by atoms with Gasteiger partial charge in [0.25, 0.3) is 0 Å². The standard InChI is InChI=1S/C5H12N2.C5H9N.C5H8O.C4H10N2.C4H9NO.C4H9NS.C4H9N.C4H8S.C3H7N.9C2H6.9CH4/c1-2-6-4-5-7-3-1;2*1-2-4-6-5-3-1;1-2-6-4-3-5-1;2*1-3-6-4-2-5-1;2*1-2-4-5-3-1;1-2-4-3-1;9*1-2;;;;;;;;;/h6-7H,1-5H2;1-2,6H,3-5H2;1-2H,3-5H2;5-6H,1-4H2;2*5H,1-4H2;5H,1-4H2;1-4H2;4H,1-3H2;9*1-2H3;9*1H4. The van der Waals surface area contributed by atoms with Crippen LogP contribution in [0.4, 0.5) is 0 Å². The van der Waals surface area contributed by atoms with Crippen molar-refractivity contribution < 1.29 is 9.47 Å². The van der Waals surface area contributed by atoms with E-state index in [2.05, 4.69) is 77.8 Å². The van der Waals surface area contributed by atoms with Crippen LogP contribution in [0.5, 0.6) is 0 Å². The van der Waals surface area contributed by atoms with Gasteiger partial charge in [-0.15, -0.1) is 0 Å². The molecule has 78 heavy (non-hydrogen) atoms. The van der Waals surface area contributed by atoms with Gasteiger partial charge in [0.2, 0.25) is 0 Å². The van der Waals surface area contributed by atoms with Crippen LogP contribution in [0.2, 0.25) is 0 Å². The lowest BCUT2D eigenvalue weighted by molar-refractivity contribution is 0.109. The number of nitrogens with one attached hydrogen (secondary N) is 9. The summed E-state index contributed by atoms with van der Waals surface area (Å²) in [5.41, 5.74) is 0. The summed E-state index contributed by atoms with van der Waals surface area (Å²) in [6.45, 7) is 60.4. The Hall–Kier alpha value is -0.260. The fourth-order valence-corrected chi connectivity index (χ4v) is 6.57. The Balaban J connectivity index is -0.0000000309. The highest BCUT2D eigenvalue weighted by atomic mass is 32.2. The van der Waals surface area contributed by atoms with Gasteiger partial charge in [0, 0.05) is 83.5 Å². The van der Waals surface area contributed by atoms with Crippen molar-refractivity contribution in [1.29, 1.82) is 0 Å². The van der Waals surface area contributed by atoms with Crippen molar-refractivity contribution in [2.24, 2.45) is 0 Å². The smallest absolute Gasteiger partial charge is 0.0647 e. The largest absolute Gasteiger partial charge is 0.379 e. The zero-order chi connectivity index (χ0) is 54.1. The summed E-state index contributed by atoms with van der Waals surface area (Å²) in [6, 6.07) is 0. The van der Waals surface area contributed by atoms with Crippen LogP contribution >= 0.6 is 23.5 Å². The first-order chi connectivity index (χ1) is 34.5. The van der Waals surface area contributed by atoms with Crippen LogP contribution in [0, 0.1) is 0 Å². The average Bonchev–Trinajstić information content (AvgIpc) is 4.24. The molecule has 0 spiro atoms. The van der Waals surface area contributed by atoms with E-state index in [1.54, 1.807) is 0 Å². The van der Waals surface area contributed by atoms with Crippen LogP contribution < -0.4 is 47.9 Å². The molecule has 0 amide bonds. The second-order valence-corrected chi connectivity index (χ2v) is 15.2. The highest BCUT2D eigenvalue weighted by Gasteiger charge is 1.97. The van der Waals surface area contributed by atoms with Gasteiger partial charge in [-0.05, 0) is 109 Å². The molecule has 11 nitrogen and oxygen atoms in total. The molecule has 500 valence electrons. The fraction of sp³-hybridized carbons (Fsp3) is 0.938. The Morgan fingerprint density at radius 2 is 0.551 bits per heavy atom. The average molecular weight is 1180 g/mol. The Kier molecular flexibility index (Phi) is 281. The quantitative estimate of drug-likeness (QED) is 0.107. The van der Waals surface area contributed by atoms with Crippen LogP contribution in [0.1, 0.15) is 243 Å². The Morgan fingerprint density at radius 1 is 0.244 bits per heavy atom. The van der Waals surface area contributed by atoms with Crippen LogP contribution in [0.3, 0.4) is 0 Å². The molecule has 13 heteroatoms. The van der Waals surface area contributed by atoms with E-state index in [1.807, 2.05) is 142 Å². The number of thioether (sulfide) groups is 2. The number of rotatable bonds is 0. The van der Waals surface area contributed by atoms with Gasteiger partial charge in [0.1, 0.15) is 0 Å². The van der Waals surface area contributed by atoms with Gasteiger partial charge in [-0.2, -0.15) is 23.5 Å². The molecule has 0 aromatic rings. The molecule has 7 saturated heterocycles. The minimum Gasteiger partial charge on any atom is -0.379 e. The van der Waals surface area contributed by atoms with E-state index in [4.69, 9.17) is 9.47 Å². The predicted octanol–water partition coefficient (Wildman–Crippen LogP) is 17.0. The lowest BCUT2D eigenvalue weighted by Gasteiger charge is -2.11. The zero-order valence-corrected chi connectivity index (χ0v) is 52.1. The number of piperazine rings is 1. The van der Waals surface area contributed by atoms with Crippen LogP contribution in [-0.4, -0.2) is 167 Å². The van der Waals surface area contributed by atoms with E-state index in [1.165, 1.54) is 120 Å². The molecule has 0 unspecified atom stereocenters. The first-order valence-electron chi connectivity index (χ1n) is 29.5. The highest BCUT2D eigenvalue weighted by molar-refractivity contribution is 7.99. The van der Waals surface area contributed by atoms with Gasteiger partial charge >= 0.3 is 0 Å². The third kappa shape index (κ3) is 164. The minimum atomic E-state index is 0. The molecule has 0 radical (unpaired) electrons. The second-order valence-electron chi connectivity index (χ2n) is 12.8. The number of hydrogen-bond acceptors (Lipinski definition) is 13. The summed E-state index contributed by atoms with van der Waals surface area (Å²) in [6.07, 6.45) is 19.2. The Labute approximate surface area is 512 Å². The molecule has 9 aliphatic heterocycles. The summed E-state index contributed by atoms with van der Waals surface area (Å²) in [5.74, 6) is 5.44. The van der Waals surface area contributed by atoms with Gasteiger partial charge in [-0.3, -0.25) is 0 Å². The number of hydrogen-bond donors (Lipinski definition) is 9. The molecule has 0 aliphatic carbocycles. The predicted molar refractivity (Wildman–Crippen MR) is 390 cm³/mol. The molecule has 0 aromatic heterocycles. The van der Waals surface area contributed by atoms with Crippen molar-refractivity contribution in [2.75, 3.05) is 167 Å². The summed E-state index contributed by atoms with van der Waals surface area (Å²) in [7, 11) is 0. The van der Waals surface area contributed by atoms with Crippen molar-refractivity contribution in [3.8, 4) is 0 Å². The second kappa shape index (κ2) is 171. The third-order valence-electron chi connectivity index (χ3n) is 8.05. The zero-order valence-electron chi connectivity index (χ0n) is 50.5. The molecule has 0 bridgehead atoms. The molecule has 9 aliphatic rings. The van der Waals surface area contributed by atoms with Gasteiger partial charge in [-0.25, -0.2) is 0 Å². The summed E-state index contributed by atoms with van der Waals surface area (Å²) >= 11 is 4.11. The monoisotopic (exact) mass is 1170 g/mol. The van der Waals surface area contributed by atoms with Crippen molar-refractivity contribution in [2.45, 2.75) is 243 Å². The van der Waals surface area contributed by atoms with E-state index in [0.717, 1.165) is 98.3 Å². The van der Waals surface area contributed by atoms with Gasteiger partial charge < -0.3 is 57.3 Å². The third-order valence-corrected chi connectivity index (χ3v) is 10.2. The molecular formula is C65H171N9O2S2. The molecular weight excluding hydrogens is 1000 g/mol. The molecule has 7 fully saturated rings. The highest BCUT2D eigenvalue weighted by Crippen LogP contribution is 2.14. The maximum absolute atomic E-state index is 5.01. The minimum absolute atomic E-state index is 0. The normalized spacial score (nSPS) is 16.0. The molecule has 9 heterocycles. The van der Waals surface area contributed by atoms with Gasteiger partial charge in [0.05, 0.1) is 26.4 Å². The van der Waals surface area contributed by atoms with E-state index in [-0.39, 0.29) is 66.8 Å². The number of morpholine rings is 1. The van der Waals surface area contributed by atoms with Crippen molar-refractivity contribution in [3.63, 3.8) is 0 Å². The summed E-state index contributed by atoms with van der Waals surface area (Å²) < 4.78 is 9.99. The maximum atomic E-state index is 5.01. The summed E-state index contributed by atoms with van der Waals surface area (Å²) in [4.78, 5) is 0. The fourth-order valence-electron chi connectivity index (χ4n) is 4.77.